The molecule has 0 spiro atoms. The lowest BCUT2D eigenvalue weighted by Crippen LogP contribution is -2.32. The maximum atomic E-state index is 12.0. The summed E-state index contributed by atoms with van der Waals surface area (Å²) in [5, 5.41) is 2.80. The van der Waals surface area contributed by atoms with Gasteiger partial charge in [0, 0.05) is 44.4 Å². The summed E-state index contributed by atoms with van der Waals surface area (Å²) in [6.45, 7) is 9.71. The van der Waals surface area contributed by atoms with E-state index in [1.165, 1.54) is 7.11 Å². The molecule has 1 saturated heterocycles. The average Bonchev–Trinajstić information content (AvgIpc) is 3.54. The van der Waals surface area contributed by atoms with Crippen molar-refractivity contribution in [2.45, 2.75) is 89.9 Å². The van der Waals surface area contributed by atoms with Crippen LogP contribution in [0.5, 0.6) is 0 Å². The Hall–Kier alpha value is -2.19. The van der Waals surface area contributed by atoms with E-state index in [0.29, 0.717) is 18.2 Å². The summed E-state index contributed by atoms with van der Waals surface area (Å²) in [6.07, 6.45) is 7.36. The molecular weight excluding hydrogens is 434 g/mol. The predicted octanol–water partition coefficient (Wildman–Crippen LogP) is 4.42. The third-order valence-corrected chi connectivity index (χ3v) is 6.02. The fourth-order valence-corrected chi connectivity index (χ4v) is 4.17. The van der Waals surface area contributed by atoms with Crippen molar-refractivity contribution in [3.63, 3.8) is 0 Å². The number of nitrogens with one attached hydrogen (secondary N) is 1. The van der Waals surface area contributed by atoms with Crippen molar-refractivity contribution in [2.24, 2.45) is 0 Å². The van der Waals surface area contributed by atoms with Gasteiger partial charge in [-0.25, -0.2) is 14.6 Å². The lowest BCUT2D eigenvalue weighted by atomic mass is 10.1. The third-order valence-electron chi connectivity index (χ3n) is 6.02. The van der Waals surface area contributed by atoms with Crippen LogP contribution in [0.25, 0.3) is 0 Å². The number of hydrogen-bond acceptors (Lipinski definition) is 7. The van der Waals surface area contributed by atoms with Gasteiger partial charge >= 0.3 is 12.1 Å². The van der Waals surface area contributed by atoms with Crippen LogP contribution in [-0.4, -0.2) is 67.0 Å². The molecule has 34 heavy (non-hydrogen) atoms. The molecule has 1 amide bonds. The number of esters is 1. The molecule has 2 aliphatic rings. The second-order valence-electron chi connectivity index (χ2n) is 10.4. The topological polar surface area (TPSA) is 90.0 Å². The number of rotatable bonds is 12. The van der Waals surface area contributed by atoms with E-state index in [1.54, 1.807) is 0 Å². The molecule has 190 valence electrons. The van der Waals surface area contributed by atoms with Crippen LogP contribution in [0.4, 0.5) is 4.79 Å². The fourth-order valence-electron chi connectivity index (χ4n) is 4.17. The van der Waals surface area contributed by atoms with Crippen LogP contribution >= 0.6 is 0 Å². The zero-order chi connectivity index (χ0) is 24.6. The van der Waals surface area contributed by atoms with E-state index in [2.05, 4.69) is 21.3 Å². The number of carbonyl (C=O) groups is 2. The SMILES string of the molecule is COC(=O)c1cc(CN2CC[C@H](OCCCCCCNC(=O)OC(C)(C)C)C2)cc(C2CC2)n1. The van der Waals surface area contributed by atoms with Crippen molar-refractivity contribution >= 4 is 12.1 Å². The summed E-state index contributed by atoms with van der Waals surface area (Å²) >= 11 is 0. The van der Waals surface area contributed by atoms with E-state index in [4.69, 9.17) is 14.2 Å². The van der Waals surface area contributed by atoms with Crippen LogP contribution < -0.4 is 5.32 Å². The lowest BCUT2D eigenvalue weighted by molar-refractivity contribution is 0.0520. The summed E-state index contributed by atoms with van der Waals surface area (Å²) in [4.78, 5) is 30.5. The molecule has 3 rings (SSSR count). The lowest BCUT2D eigenvalue weighted by Gasteiger charge is -2.19. The Kier molecular flexibility index (Phi) is 9.71. The Balaban J connectivity index is 1.29. The Bertz CT molecular complexity index is 819. The Labute approximate surface area is 203 Å². The molecule has 1 saturated carbocycles. The molecule has 0 bridgehead atoms. The summed E-state index contributed by atoms with van der Waals surface area (Å²) in [5.74, 6) is 0.123. The van der Waals surface area contributed by atoms with Gasteiger partial charge in [0.25, 0.3) is 0 Å². The molecule has 8 nitrogen and oxygen atoms in total. The number of pyridine rings is 1. The molecular formula is C26H41N3O5. The van der Waals surface area contributed by atoms with E-state index in [0.717, 1.165) is 82.4 Å². The van der Waals surface area contributed by atoms with E-state index >= 15 is 0 Å². The van der Waals surface area contributed by atoms with Gasteiger partial charge in [-0.1, -0.05) is 12.8 Å². The molecule has 1 aromatic heterocycles. The number of nitrogens with zero attached hydrogens (tertiary/aromatic N) is 2. The number of alkyl carbamates (subject to hydrolysis) is 1. The quantitative estimate of drug-likeness (QED) is 0.353. The molecule has 1 aliphatic heterocycles. The highest BCUT2D eigenvalue weighted by Gasteiger charge is 2.28. The van der Waals surface area contributed by atoms with E-state index < -0.39 is 5.60 Å². The van der Waals surface area contributed by atoms with Crippen LogP contribution in [0.3, 0.4) is 0 Å². The first-order valence-corrected chi connectivity index (χ1v) is 12.6. The molecule has 8 heteroatoms. The number of methoxy groups -OCH3 is 1. The van der Waals surface area contributed by atoms with Gasteiger partial charge in [-0.15, -0.1) is 0 Å². The fraction of sp³-hybridized carbons (Fsp3) is 0.731. The number of ether oxygens (including phenoxy) is 3. The maximum absolute atomic E-state index is 12.0. The number of hydrogen-bond donors (Lipinski definition) is 1. The van der Waals surface area contributed by atoms with Crippen molar-refractivity contribution in [1.82, 2.24) is 15.2 Å². The largest absolute Gasteiger partial charge is 0.464 e. The van der Waals surface area contributed by atoms with Crippen molar-refractivity contribution in [1.29, 1.82) is 0 Å². The van der Waals surface area contributed by atoms with Crippen molar-refractivity contribution < 1.29 is 23.8 Å². The molecule has 1 aliphatic carbocycles. The maximum Gasteiger partial charge on any atom is 0.407 e. The minimum Gasteiger partial charge on any atom is -0.464 e. The Morgan fingerprint density at radius 2 is 1.88 bits per heavy atom. The number of carbonyl (C=O) groups excluding carboxylic acids is 2. The van der Waals surface area contributed by atoms with E-state index in [9.17, 15) is 9.59 Å². The first-order chi connectivity index (χ1) is 16.2. The number of unbranched alkanes of at least 4 members (excludes halogenated alkanes) is 3. The van der Waals surface area contributed by atoms with Gasteiger partial charge in [0.15, 0.2) is 0 Å². The van der Waals surface area contributed by atoms with Crippen LogP contribution in [-0.2, 0) is 20.8 Å². The molecule has 2 heterocycles. The molecule has 0 radical (unpaired) electrons. The second kappa shape index (κ2) is 12.5. The van der Waals surface area contributed by atoms with Gasteiger partial charge in [0.05, 0.1) is 13.2 Å². The van der Waals surface area contributed by atoms with Crippen molar-refractivity contribution in [2.75, 3.05) is 33.4 Å². The van der Waals surface area contributed by atoms with Gasteiger partial charge in [-0.3, -0.25) is 4.90 Å². The molecule has 1 N–H and O–H groups in total. The van der Waals surface area contributed by atoms with Gasteiger partial charge < -0.3 is 19.5 Å². The highest BCUT2D eigenvalue weighted by molar-refractivity contribution is 5.87. The highest BCUT2D eigenvalue weighted by atomic mass is 16.6. The molecule has 0 aromatic carbocycles. The van der Waals surface area contributed by atoms with Crippen molar-refractivity contribution in [3.05, 3.63) is 29.1 Å². The molecule has 1 atom stereocenters. The Morgan fingerprint density at radius 3 is 2.59 bits per heavy atom. The average molecular weight is 476 g/mol. The summed E-state index contributed by atoms with van der Waals surface area (Å²) in [5.41, 5.74) is 2.10. The van der Waals surface area contributed by atoms with Crippen LogP contribution in [0.1, 0.15) is 93.4 Å². The zero-order valence-corrected chi connectivity index (χ0v) is 21.2. The minimum atomic E-state index is -0.457. The summed E-state index contributed by atoms with van der Waals surface area (Å²) in [7, 11) is 1.40. The summed E-state index contributed by atoms with van der Waals surface area (Å²) < 4.78 is 16.2. The van der Waals surface area contributed by atoms with Gasteiger partial charge in [0.2, 0.25) is 0 Å². The standard InChI is InChI=1S/C26H41N3O5/c1-26(2,3)34-25(31)27-12-7-5-6-8-14-33-21-11-13-29(18-21)17-19-15-22(20-9-10-20)28-23(16-19)24(30)32-4/h15-16,20-21H,5-14,17-18H2,1-4H3,(H,27,31)/t21-/m0/s1. The minimum absolute atomic E-state index is 0.263. The van der Waals surface area contributed by atoms with E-state index in [-0.39, 0.29) is 18.2 Å². The normalized spacial score (nSPS) is 18.6. The number of amides is 1. The van der Waals surface area contributed by atoms with Crippen molar-refractivity contribution in [3.8, 4) is 0 Å². The van der Waals surface area contributed by atoms with E-state index in [1.807, 2.05) is 26.8 Å². The predicted molar refractivity (Wildman–Crippen MR) is 130 cm³/mol. The summed E-state index contributed by atoms with van der Waals surface area (Å²) in [6, 6.07) is 4.01. The first kappa shape index (κ1) is 26.4. The first-order valence-electron chi connectivity index (χ1n) is 12.6. The number of aromatic nitrogens is 1. The van der Waals surface area contributed by atoms with Crippen LogP contribution in [0, 0.1) is 0 Å². The van der Waals surface area contributed by atoms with Crippen LogP contribution in [0.2, 0.25) is 0 Å². The monoisotopic (exact) mass is 475 g/mol. The smallest absolute Gasteiger partial charge is 0.407 e. The van der Waals surface area contributed by atoms with Crippen LogP contribution in [0.15, 0.2) is 12.1 Å². The Morgan fingerprint density at radius 1 is 1.12 bits per heavy atom. The molecule has 0 unspecified atom stereocenters. The zero-order valence-electron chi connectivity index (χ0n) is 21.2. The number of likely N-dealkylation sites (tertiary alicyclic amines) is 1. The van der Waals surface area contributed by atoms with Gasteiger partial charge in [-0.05, 0) is 70.6 Å². The third kappa shape index (κ3) is 9.22. The second-order valence-corrected chi connectivity index (χ2v) is 10.4. The molecule has 2 fully saturated rings. The molecule has 1 aromatic rings. The highest BCUT2D eigenvalue weighted by Crippen LogP contribution is 2.39. The van der Waals surface area contributed by atoms with Gasteiger partial charge in [0.1, 0.15) is 11.3 Å². The van der Waals surface area contributed by atoms with Gasteiger partial charge in [-0.2, -0.15) is 0 Å².